The molecule has 1 heterocycles. The van der Waals surface area contributed by atoms with Gasteiger partial charge in [0.1, 0.15) is 5.82 Å². The van der Waals surface area contributed by atoms with Crippen molar-refractivity contribution in [2.75, 3.05) is 0 Å². The van der Waals surface area contributed by atoms with Crippen LogP contribution in [0.25, 0.3) is 0 Å². The Bertz CT molecular complexity index is 464. The highest BCUT2D eigenvalue weighted by atomic mass is 16.4. The maximum absolute atomic E-state index is 10.8. The van der Waals surface area contributed by atoms with E-state index >= 15 is 0 Å². The largest absolute Gasteiger partial charge is 0.493 e. The highest BCUT2D eigenvalue weighted by Gasteiger charge is 2.13. The lowest BCUT2D eigenvalue weighted by atomic mass is 10.2. The van der Waals surface area contributed by atoms with E-state index in [0.29, 0.717) is 0 Å². The first-order chi connectivity index (χ1) is 7.02. The Morgan fingerprint density at radius 1 is 1.60 bits per heavy atom. The zero-order valence-electron chi connectivity index (χ0n) is 7.34. The maximum Gasteiger partial charge on any atom is 0.354 e. The van der Waals surface area contributed by atoms with Crippen LogP contribution in [0, 0.1) is 0 Å². The van der Waals surface area contributed by atoms with Crippen molar-refractivity contribution in [2.24, 2.45) is 5.16 Å². The molecule has 0 aromatic carbocycles. The molecule has 0 amide bonds. The lowest BCUT2D eigenvalue weighted by Gasteiger charge is -1.99. The molecular weight excluding hydrogens is 206 g/mol. The summed E-state index contributed by atoms with van der Waals surface area (Å²) in [4.78, 5) is 26.9. The summed E-state index contributed by atoms with van der Waals surface area (Å²) in [5, 5.41) is 28.3. The van der Waals surface area contributed by atoms with Crippen molar-refractivity contribution in [3.8, 4) is 5.88 Å². The second-order valence-corrected chi connectivity index (χ2v) is 2.58. The fraction of sp³-hybridized carbons (Fsp3) is 0.143. The average Bonchev–Trinajstić information content (AvgIpc) is 2.12. The molecule has 0 saturated heterocycles. The van der Waals surface area contributed by atoms with E-state index in [1.54, 1.807) is 0 Å². The minimum Gasteiger partial charge on any atom is -0.493 e. The molecule has 80 valence electrons. The third kappa shape index (κ3) is 2.79. The van der Waals surface area contributed by atoms with E-state index in [1.165, 1.54) is 0 Å². The second kappa shape index (κ2) is 4.22. The maximum atomic E-state index is 10.8. The Hall–Kier alpha value is -2.38. The van der Waals surface area contributed by atoms with Crippen LogP contribution < -0.4 is 5.56 Å². The van der Waals surface area contributed by atoms with Gasteiger partial charge in [-0.05, 0) is 0 Å². The SMILES string of the molecule is O=C(O)C(Cc1nc(O)cc(=O)[nH]1)=NO. The molecule has 0 unspecified atom stereocenters. The highest BCUT2D eigenvalue weighted by Crippen LogP contribution is 1.99. The van der Waals surface area contributed by atoms with E-state index < -0.39 is 29.5 Å². The topological polar surface area (TPSA) is 136 Å². The Kier molecular flexibility index (Phi) is 3.01. The van der Waals surface area contributed by atoms with Crippen molar-refractivity contribution in [1.82, 2.24) is 9.97 Å². The number of H-pyrrole nitrogens is 1. The van der Waals surface area contributed by atoms with Gasteiger partial charge in [-0.15, -0.1) is 0 Å². The molecule has 0 saturated carbocycles. The number of oxime groups is 1. The molecule has 1 rings (SSSR count). The summed E-state index contributed by atoms with van der Waals surface area (Å²) in [5.41, 5.74) is -1.22. The first kappa shape index (κ1) is 10.7. The van der Waals surface area contributed by atoms with Crippen LogP contribution in [0.15, 0.2) is 16.0 Å². The van der Waals surface area contributed by atoms with Gasteiger partial charge in [-0.1, -0.05) is 5.16 Å². The first-order valence-electron chi connectivity index (χ1n) is 3.76. The van der Waals surface area contributed by atoms with Crippen molar-refractivity contribution >= 4 is 11.7 Å². The number of nitrogens with zero attached hydrogens (tertiary/aromatic N) is 2. The minimum atomic E-state index is -1.44. The summed E-state index contributed by atoms with van der Waals surface area (Å²) in [6, 6.07) is 0.833. The highest BCUT2D eigenvalue weighted by molar-refractivity contribution is 6.35. The van der Waals surface area contributed by atoms with Crippen LogP contribution in [0.1, 0.15) is 5.82 Å². The first-order valence-corrected chi connectivity index (χ1v) is 3.76. The predicted octanol–water partition coefficient (Wildman–Crippen LogP) is -1.07. The summed E-state index contributed by atoms with van der Waals surface area (Å²) < 4.78 is 0. The lowest BCUT2D eigenvalue weighted by molar-refractivity contribution is -0.129. The molecule has 1 aromatic heterocycles. The van der Waals surface area contributed by atoms with Crippen molar-refractivity contribution in [3.63, 3.8) is 0 Å². The molecule has 0 radical (unpaired) electrons. The molecule has 15 heavy (non-hydrogen) atoms. The predicted molar refractivity (Wildman–Crippen MR) is 47.1 cm³/mol. The van der Waals surface area contributed by atoms with Crippen molar-refractivity contribution in [1.29, 1.82) is 0 Å². The third-order valence-electron chi connectivity index (χ3n) is 1.48. The number of carbonyl (C=O) groups is 1. The number of hydrogen-bond acceptors (Lipinski definition) is 6. The number of aromatic amines is 1. The number of aliphatic carboxylic acids is 1. The van der Waals surface area contributed by atoms with Crippen molar-refractivity contribution < 1.29 is 20.2 Å². The molecule has 0 aliphatic heterocycles. The van der Waals surface area contributed by atoms with Crippen molar-refractivity contribution in [2.45, 2.75) is 6.42 Å². The number of aromatic hydroxyl groups is 1. The summed E-state index contributed by atoms with van der Waals surface area (Å²) in [6.45, 7) is 0. The van der Waals surface area contributed by atoms with Crippen LogP contribution in [0.5, 0.6) is 5.88 Å². The standard InChI is InChI=1S/C7H7N3O5/c11-5-2-6(12)9-4(8-5)1-3(10-15)7(13)14/h2,15H,1H2,(H,13,14)(H2,8,9,11,12). The minimum absolute atomic E-state index is 0.102. The quantitative estimate of drug-likeness (QED) is 0.287. The van der Waals surface area contributed by atoms with Crippen LogP contribution >= 0.6 is 0 Å². The van der Waals surface area contributed by atoms with Crippen LogP contribution in [0.3, 0.4) is 0 Å². The molecule has 1 aromatic rings. The molecule has 4 N–H and O–H groups in total. The van der Waals surface area contributed by atoms with Gasteiger partial charge in [0.05, 0.1) is 12.5 Å². The molecule has 0 bridgehead atoms. The molecule has 0 aliphatic rings. The van der Waals surface area contributed by atoms with E-state index in [9.17, 15) is 9.59 Å². The molecular formula is C7H7N3O5. The number of nitrogens with one attached hydrogen (secondary N) is 1. The molecule has 0 fully saturated rings. The summed E-state index contributed by atoms with van der Waals surface area (Å²) >= 11 is 0. The molecule has 0 atom stereocenters. The van der Waals surface area contributed by atoms with Crippen LogP contribution in [0.4, 0.5) is 0 Å². The number of carboxylic acids is 1. The number of hydrogen-bond donors (Lipinski definition) is 4. The summed E-state index contributed by atoms with van der Waals surface area (Å²) in [7, 11) is 0. The number of carboxylic acid groups (broad SMARTS) is 1. The molecule has 8 nitrogen and oxygen atoms in total. The third-order valence-corrected chi connectivity index (χ3v) is 1.48. The van der Waals surface area contributed by atoms with E-state index in [0.717, 1.165) is 6.07 Å². The van der Waals surface area contributed by atoms with Crippen LogP contribution in [-0.4, -0.2) is 37.1 Å². The van der Waals surface area contributed by atoms with Gasteiger partial charge in [0.2, 0.25) is 5.88 Å². The van der Waals surface area contributed by atoms with Crippen LogP contribution in [0.2, 0.25) is 0 Å². The van der Waals surface area contributed by atoms with E-state index in [4.69, 9.17) is 15.4 Å². The number of rotatable bonds is 3. The zero-order chi connectivity index (χ0) is 11.4. The van der Waals surface area contributed by atoms with E-state index in [-0.39, 0.29) is 5.82 Å². The Balaban J connectivity index is 2.99. The fourth-order valence-electron chi connectivity index (χ4n) is 0.890. The van der Waals surface area contributed by atoms with Gasteiger partial charge >= 0.3 is 5.97 Å². The lowest BCUT2D eigenvalue weighted by Crippen LogP contribution is -2.19. The van der Waals surface area contributed by atoms with Gasteiger partial charge < -0.3 is 20.4 Å². The van der Waals surface area contributed by atoms with Gasteiger partial charge in [-0.3, -0.25) is 4.79 Å². The Labute approximate surface area is 82.5 Å². The van der Waals surface area contributed by atoms with E-state index in [1.807, 2.05) is 0 Å². The normalized spacial score (nSPS) is 11.3. The van der Waals surface area contributed by atoms with E-state index in [2.05, 4.69) is 15.1 Å². The molecule has 8 heteroatoms. The summed E-state index contributed by atoms with van der Waals surface area (Å²) in [5.74, 6) is -2.07. The Morgan fingerprint density at radius 2 is 2.27 bits per heavy atom. The van der Waals surface area contributed by atoms with Gasteiger partial charge in [0.25, 0.3) is 5.56 Å². The zero-order valence-corrected chi connectivity index (χ0v) is 7.34. The van der Waals surface area contributed by atoms with Gasteiger partial charge in [0.15, 0.2) is 5.71 Å². The fourth-order valence-corrected chi connectivity index (χ4v) is 0.890. The van der Waals surface area contributed by atoms with Crippen molar-refractivity contribution in [3.05, 3.63) is 22.2 Å². The summed E-state index contributed by atoms with van der Waals surface area (Å²) in [6.07, 6.45) is -0.393. The van der Waals surface area contributed by atoms with Crippen LogP contribution in [-0.2, 0) is 11.2 Å². The van der Waals surface area contributed by atoms with Gasteiger partial charge in [-0.2, -0.15) is 4.98 Å². The average molecular weight is 213 g/mol. The Morgan fingerprint density at radius 3 is 2.73 bits per heavy atom. The molecule has 0 aliphatic carbocycles. The van der Waals surface area contributed by atoms with Gasteiger partial charge in [0, 0.05) is 0 Å². The van der Waals surface area contributed by atoms with Gasteiger partial charge in [-0.25, -0.2) is 4.79 Å². The number of aromatic nitrogens is 2. The smallest absolute Gasteiger partial charge is 0.354 e. The monoisotopic (exact) mass is 213 g/mol. The second-order valence-electron chi connectivity index (χ2n) is 2.58. The molecule has 0 spiro atoms.